The van der Waals surface area contributed by atoms with Crippen molar-refractivity contribution in [1.82, 2.24) is 4.90 Å². The third kappa shape index (κ3) is 2.89. The number of rotatable bonds is 3. The lowest BCUT2D eigenvalue weighted by Crippen LogP contribution is -2.35. The molecule has 1 saturated heterocycles. The van der Waals surface area contributed by atoms with E-state index in [0.717, 1.165) is 23.9 Å². The zero-order chi connectivity index (χ0) is 13.1. The Morgan fingerprint density at radius 2 is 2.39 bits per heavy atom. The van der Waals surface area contributed by atoms with Gasteiger partial charge in [-0.3, -0.25) is 4.79 Å². The summed E-state index contributed by atoms with van der Waals surface area (Å²) in [4.78, 5) is 14.3. The van der Waals surface area contributed by atoms with Crippen molar-refractivity contribution < 1.29 is 4.79 Å². The summed E-state index contributed by atoms with van der Waals surface area (Å²) in [6, 6.07) is 8.42. The number of carbonyl (C=O) groups excluding carboxylic acids is 1. The van der Waals surface area contributed by atoms with Crippen molar-refractivity contribution >= 4 is 33.4 Å². The Balaban J connectivity index is 2.20. The van der Waals surface area contributed by atoms with Gasteiger partial charge in [0.15, 0.2) is 0 Å². The van der Waals surface area contributed by atoms with Gasteiger partial charge in [0.1, 0.15) is 0 Å². The molecule has 1 heterocycles. The molecule has 2 atom stereocenters. The topological polar surface area (TPSA) is 20.3 Å². The van der Waals surface area contributed by atoms with Crippen LogP contribution < -0.4 is 0 Å². The van der Waals surface area contributed by atoms with Crippen molar-refractivity contribution in [1.29, 1.82) is 0 Å². The first-order valence-corrected chi connectivity index (χ1v) is 7.58. The Bertz CT molecular complexity index is 438. The molecule has 2 rings (SSSR count). The molecule has 0 spiro atoms. The monoisotopic (exact) mass is 329 g/mol. The lowest BCUT2D eigenvalue weighted by molar-refractivity contribution is -0.135. The van der Waals surface area contributed by atoms with Crippen LogP contribution in [0.15, 0.2) is 28.7 Å². The van der Waals surface area contributed by atoms with Gasteiger partial charge in [-0.2, -0.15) is 0 Å². The minimum Gasteiger partial charge on any atom is -0.335 e. The van der Waals surface area contributed by atoms with Crippen LogP contribution in [0.2, 0.25) is 0 Å². The molecule has 0 N–H and O–H groups in total. The summed E-state index contributed by atoms with van der Waals surface area (Å²) in [5, 5.41) is 0. The van der Waals surface area contributed by atoms with E-state index < -0.39 is 0 Å². The van der Waals surface area contributed by atoms with Crippen LogP contribution in [0.4, 0.5) is 0 Å². The van der Waals surface area contributed by atoms with Crippen molar-refractivity contribution in [2.24, 2.45) is 5.92 Å². The molecule has 1 amide bonds. The summed E-state index contributed by atoms with van der Waals surface area (Å²) < 4.78 is 1.06. The SMILES string of the molecule is CC(CCl)C(=O)N1CCCC1c1cccc(Br)c1. The maximum Gasteiger partial charge on any atom is 0.227 e. The summed E-state index contributed by atoms with van der Waals surface area (Å²) in [7, 11) is 0. The summed E-state index contributed by atoms with van der Waals surface area (Å²) in [5.74, 6) is 0.465. The van der Waals surface area contributed by atoms with Crippen LogP contribution in [0, 0.1) is 5.92 Å². The lowest BCUT2D eigenvalue weighted by Gasteiger charge is -2.27. The molecule has 18 heavy (non-hydrogen) atoms. The van der Waals surface area contributed by atoms with Gasteiger partial charge in [-0.15, -0.1) is 11.6 Å². The molecule has 0 aliphatic carbocycles. The van der Waals surface area contributed by atoms with Crippen molar-refractivity contribution in [2.45, 2.75) is 25.8 Å². The summed E-state index contributed by atoms with van der Waals surface area (Å²) in [5.41, 5.74) is 1.21. The highest BCUT2D eigenvalue weighted by atomic mass is 79.9. The fraction of sp³-hybridized carbons (Fsp3) is 0.500. The van der Waals surface area contributed by atoms with Crippen molar-refractivity contribution in [3.05, 3.63) is 34.3 Å². The minimum absolute atomic E-state index is 0.0978. The lowest BCUT2D eigenvalue weighted by atomic mass is 10.0. The van der Waals surface area contributed by atoms with Crippen LogP contribution in [-0.4, -0.2) is 23.2 Å². The molecule has 2 nitrogen and oxygen atoms in total. The molecule has 2 unspecified atom stereocenters. The van der Waals surface area contributed by atoms with Crippen LogP contribution in [0.1, 0.15) is 31.4 Å². The maximum absolute atomic E-state index is 12.3. The van der Waals surface area contributed by atoms with Crippen molar-refractivity contribution in [3.8, 4) is 0 Å². The largest absolute Gasteiger partial charge is 0.335 e. The van der Waals surface area contributed by atoms with E-state index >= 15 is 0 Å². The molecule has 0 bridgehead atoms. The van der Waals surface area contributed by atoms with Crippen LogP contribution >= 0.6 is 27.5 Å². The molecule has 4 heteroatoms. The van der Waals surface area contributed by atoms with E-state index in [4.69, 9.17) is 11.6 Å². The van der Waals surface area contributed by atoms with Crippen LogP contribution in [0.3, 0.4) is 0 Å². The molecule has 1 aromatic carbocycles. The molecule has 0 radical (unpaired) electrons. The average molecular weight is 331 g/mol. The van der Waals surface area contributed by atoms with E-state index in [0.29, 0.717) is 5.88 Å². The first-order chi connectivity index (χ1) is 8.63. The van der Waals surface area contributed by atoms with E-state index in [1.165, 1.54) is 5.56 Å². The third-order valence-corrected chi connectivity index (χ3v) is 4.38. The van der Waals surface area contributed by atoms with E-state index in [1.54, 1.807) is 0 Å². The zero-order valence-corrected chi connectivity index (χ0v) is 12.7. The molecular formula is C14H17BrClNO. The molecule has 0 aromatic heterocycles. The van der Waals surface area contributed by atoms with E-state index in [-0.39, 0.29) is 17.9 Å². The number of amides is 1. The first-order valence-electron chi connectivity index (χ1n) is 6.25. The standard InChI is InChI=1S/C14H17BrClNO/c1-10(9-16)14(18)17-7-3-6-13(17)11-4-2-5-12(15)8-11/h2,4-5,8,10,13H,3,6-7,9H2,1H3. The highest BCUT2D eigenvalue weighted by molar-refractivity contribution is 9.10. The van der Waals surface area contributed by atoms with Gasteiger partial charge in [0, 0.05) is 22.8 Å². The Hall–Kier alpha value is -0.540. The predicted molar refractivity (Wildman–Crippen MR) is 77.7 cm³/mol. The quantitative estimate of drug-likeness (QED) is 0.767. The fourth-order valence-electron chi connectivity index (χ4n) is 2.44. The molecular weight excluding hydrogens is 314 g/mol. The number of alkyl halides is 1. The number of benzene rings is 1. The number of carbonyl (C=O) groups is 1. The second kappa shape index (κ2) is 6.07. The molecule has 1 aromatic rings. The smallest absolute Gasteiger partial charge is 0.227 e. The van der Waals surface area contributed by atoms with Gasteiger partial charge in [0.25, 0.3) is 0 Å². The van der Waals surface area contributed by atoms with Gasteiger partial charge >= 0.3 is 0 Å². The molecule has 1 fully saturated rings. The predicted octanol–water partition coefficient (Wildman–Crippen LogP) is 3.99. The van der Waals surface area contributed by atoms with Crippen LogP contribution in [0.5, 0.6) is 0 Å². The number of likely N-dealkylation sites (tertiary alicyclic amines) is 1. The Morgan fingerprint density at radius 3 is 3.06 bits per heavy atom. The summed E-state index contributed by atoms with van der Waals surface area (Å²) >= 11 is 9.27. The summed E-state index contributed by atoms with van der Waals surface area (Å²) in [6.45, 7) is 2.74. The maximum atomic E-state index is 12.3. The van der Waals surface area contributed by atoms with Gasteiger partial charge in [-0.1, -0.05) is 35.0 Å². The Labute approximate surface area is 121 Å². The zero-order valence-electron chi connectivity index (χ0n) is 10.4. The second-order valence-corrected chi connectivity index (χ2v) is 6.02. The van der Waals surface area contributed by atoms with Gasteiger partial charge in [0.2, 0.25) is 5.91 Å². The van der Waals surface area contributed by atoms with Gasteiger partial charge in [-0.25, -0.2) is 0 Å². The fourth-order valence-corrected chi connectivity index (χ4v) is 2.99. The van der Waals surface area contributed by atoms with Crippen LogP contribution in [0.25, 0.3) is 0 Å². The third-order valence-electron chi connectivity index (χ3n) is 3.42. The number of halogens is 2. The van der Waals surface area contributed by atoms with Gasteiger partial charge in [0.05, 0.1) is 6.04 Å². The van der Waals surface area contributed by atoms with Crippen molar-refractivity contribution in [2.75, 3.05) is 12.4 Å². The minimum atomic E-state index is -0.0978. The van der Waals surface area contributed by atoms with E-state index in [1.807, 2.05) is 24.0 Å². The number of hydrogen-bond donors (Lipinski definition) is 0. The Morgan fingerprint density at radius 1 is 1.61 bits per heavy atom. The summed E-state index contributed by atoms with van der Waals surface area (Å²) in [6.07, 6.45) is 2.11. The van der Waals surface area contributed by atoms with E-state index in [9.17, 15) is 4.79 Å². The number of hydrogen-bond acceptors (Lipinski definition) is 1. The normalized spacial score (nSPS) is 21.1. The van der Waals surface area contributed by atoms with Gasteiger partial charge in [-0.05, 0) is 30.5 Å². The van der Waals surface area contributed by atoms with Crippen LogP contribution in [-0.2, 0) is 4.79 Å². The number of nitrogens with zero attached hydrogens (tertiary/aromatic N) is 1. The van der Waals surface area contributed by atoms with Gasteiger partial charge < -0.3 is 4.90 Å². The van der Waals surface area contributed by atoms with Crippen molar-refractivity contribution in [3.63, 3.8) is 0 Å². The molecule has 1 aliphatic heterocycles. The van der Waals surface area contributed by atoms with E-state index in [2.05, 4.69) is 28.1 Å². The Kier molecular flexibility index (Phi) is 4.68. The first kappa shape index (κ1) is 13.9. The average Bonchev–Trinajstić information content (AvgIpc) is 2.86. The highest BCUT2D eigenvalue weighted by Gasteiger charge is 2.31. The highest BCUT2D eigenvalue weighted by Crippen LogP contribution is 2.34. The second-order valence-electron chi connectivity index (χ2n) is 4.80. The molecule has 1 aliphatic rings. The molecule has 98 valence electrons. The molecule has 0 saturated carbocycles.